The van der Waals surface area contributed by atoms with Gasteiger partial charge in [-0.3, -0.25) is 19.3 Å². The van der Waals surface area contributed by atoms with Crippen LogP contribution in [0.2, 0.25) is 0 Å². The zero-order valence-electron chi connectivity index (χ0n) is 10.5. The van der Waals surface area contributed by atoms with Crippen LogP contribution < -0.4 is 0 Å². The maximum Gasteiger partial charge on any atom is 0.286 e. The third-order valence-electron chi connectivity index (χ3n) is 3.28. The summed E-state index contributed by atoms with van der Waals surface area (Å²) < 4.78 is 31.2. The van der Waals surface area contributed by atoms with Crippen molar-refractivity contribution >= 4 is 32.7 Å². The molecule has 0 spiro atoms. The number of fused-ring (bicyclic) bond motifs is 3. The summed E-state index contributed by atoms with van der Waals surface area (Å²) in [7, 11) is -4.39. The fraction of sp³-hybridized carbons (Fsp3) is 0.0769. The van der Waals surface area contributed by atoms with E-state index in [1.165, 1.54) is 6.07 Å². The van der Waals surface area contributed by atoms with Crippen molar-refractivity contribution in [3.63, 3.8) is 0 Å². The summed E-state index contributed by atoms with van der Waals surface area (Å²) in [6, 6.07) is 7.98. The summed E-state index contributed by atoms with van der Waals surface area (Å²) in [6.07, 6.45) is 0. The molecule has 0 saturated heterocycles. The fourth-order valence-electron chi connectivity index (χ4n) is 2.49. The van der Waals surface area contributed by atoms with Crippen molar-refractivity contribution in [2.24, 2.45) is 0 Å². The van der Waals surface area contributed by atoms with Crippen LogP contribution in [0.3, 0.4) is 0 Å². The molecule has 2 amide bonds. The second-order valence-electron chi connectivity index (χ2n) is 4.66. The molecule has 1 aliphatic heterocycles. The number of hydrogen-bond donors (Lipinski definition) is 2. The predicted molar refractivity (Wildman–Crippen MR) is 71.5 cm³/mol. The van der Waals surface area contributed by atoms with Gasteiger partial charge in [-0.1, -0.05) is 24.3 Å². The Kier molecular flexibility index (Phi) is 2.84. The van der Waals surface area contributed by atoms with Gasteiger partial charge in [0.2, 0.25) is 0 Å². The molecule has 0 saturated carbocycles. The molecule has 1 heterocycles. The summed E-state index contributed by atoms with van der Waals surface area (Å²) in [5.41, 5.74) is -0.279. The highest BCUT2D eigenvalue weighted by Crippen LogP contribution is 2.33. The summed E-state index contributed by atoms with van der Waals surface area (Å²) in [6.45, 7) is 0. The van der Waals surface area contributed by atoms with E-state index in [0.717, 1.165) is 0 Å². The molecule has 2 aromatic rings. The number of hydrogen-bond acceptors (Lipinski definition) is 5. The van der Waals surface area contributed by atoms with Crippen molar-refractivity contribution in [1.29, 1.82) is 0 Å². The highest BCUT2D eigenvalue weighted by Gasteiger charge is 2.39. The molecule has 0 atom stereocenters. The van der Waals surface area contributed by atoms with Gasteiger partial charge in [0.15, 0.2) is 0 Å². The zero-order chi connectivity index (χ0) is 15.4. The van der Waals surface area contributed by atoms with Gasteiger partial charge in [0, 0.05) is 0 Å². The first kappa shape index (κ1) is 13.7. The van der Waals surface area contributed by atoms with E-state index in [-0.39, 0.29) is 21.8 Å². The summed E-state index contributed by atoms with van der Waals surface area (Å²) in [4.78, 5) is 23.9. The Morgan fingerprint density at radius 2 is 1.67 bits per heavy atom. The van der Waals surface area contributed by atoms with Gasteiger partial charge >= 0.3 is 0 Å². The molecular formula is C13H9NO6S. The minimum absolute atomic E-state index is 0.0268. The molecule has 108 valence electrons. The van der Waals surface area contributed by atoms with Gasteiger partial charge in [0.05, 0.1) is 11.1 Å². The van der Waals surface area contributed by atoms with Crippen molar-refractivity contribution in [2.45, 2.75) is 5.75 Å². The molecule has 0 aromatic heterocycles. The molecule has 0 bridgehead atoms. The molecule has 2 N–H and O–H groups in total. The van der Waals surface area contributed by atoms with E-state index in [9.17, 15) is 23.2 Å². The Morgan fingerprint density at radius 3 is 2.33 bits per heavy atom. The molecule has 3 rings (SSSR count). The van der Waals surface area contributed by atoms with Crippen molar-refractivity contribution in [1.82, 2.24) is 5.06 Å². The number of carbonyl (C=O) groups excluding carboxylic acids is 2. The molecular weight excluding hydrogens is 298 g/mol. The monoisotopic (exact) mass is 307 g/mol. The molecule has 8 heteroatoms. The van der Waals surface area contributed by atoms with Crippen LogP contribution in [0.15, 0.2) is 30.3 Å². The van der Waals surface area contributed by atoms with Crippen LogP contribution in [-0.2, 0) is 15.9 Å². The normalized spacial score (nSPS) is 14.9. The van der Waals surface area contributed by atoms with E-state index in [1.54, 1.807) is 24.3 Å². The van der Waals surface area contributed by atoms with Crippen molar-refractivity contribution in [3.05, 3.63) is 47.0 Å². The first-order chi connectivity index (χ1) is 9.79. The van der Waals surface area contributed by atoms with Gasteiger partial charge in [-0.2, -0.15) is 8.42 Å². The Bertz CT molecular complexity index is 902. The van der Waals surface area contributed by atoms with Crippen molar-refractivity contribution in [3.8, 4) is 0 Å². The molecule has 2 aromatic carbocycles. The summed E-state index contributed by atoms with van der Waals surface area (Å²) in [5.74, 6) is -2.73. The topological polar surface area (TPSA) is 112 Å². The van der Waals surface area contributed by atoms with Gasteiger partial charge in [-0.25, -0.2) is 0 Å². The van der Waals surface area contributed by atoms with E-state index in [4.69, 9.17) is 4.55 Å². The van der Waals surface area contributed by atoms with Crippen LogP contribution in [-0.4, -0.2) is 35.1 Å². The first-order valence-electron chi connectivity index (χ1n) is 5.87. The minimum atomic E-state index is -4.39. The Hall–Kier alpha value is -2.29. The number of benzene rings is 2. The van der Waals surface area contributed by atoms with E-state index >= 15 is 0 Å². The number of hydroxylamine groups is 2. The van der Waals surface area contributed by atoms with E-state index in [2.05, 4.69) is 0 Å². The number of carbonyl (C=O) groups is 2. The van der Waals surface area contributed by atoms with Gasteiger partial charge in [-0.05, 0) is 22.4 Å². The molecule has 0 aliphatic carbocycles. The number of rotatable bonds is 2. The van der Waals surface area contributed by atoms with Gasteiger partial charge in [0.1, 0.15) is 5.75 Å². The second-order valence-corrected chi connectivity index (χ2v) is 6.11. The Morgan fingerprint density at radius 1 is 1.05 bits per heavy atom. The van der Waals surface area contributed by atoms with Gasteiger partial charge in [-0.15, -0.1) is 5.06 Å². The Labute approximate surface area is 119 Å². The average molecular weight is 307 g/mol. The fourth-order valence-corrected chi connectivity index (χ4v) is 3.11. The van der Waals surface area contributed by atoms with Crippen LogP contribution in [0.4, 0.5) is 0 Å². The van der Waals surface area contributed by atoms with E-state index < -0.39 is 27.7 Å². The van der Waals surface area contributed by atoms with Crippen LogP contribution in [0, 0.1) is 0 Å². The lowest BCUT2D eigenvalue weighted by molar-refractivity contribution is -0.0326. The molecule has 0 fully saturated rings. The summed E-state index contributed by atoms with van der Waals surface area (Å²) in [5, 5.41) is 10.4. The highest BCUT2D eigenvalue weighted by atomic mass is 32.2. The number of imide groups is 1. The van der Waals surface area contributed by atoms with Crippen LogP contribution in [0.25, 0.3) is 10.8 Å². The summed E-state index contributed by atoms with van der Waals surface area (Å²) >= 11 is 0. The van der Waals surface area contributed by atoms with Crippen LogP contribution >= 0.6 is 0 Å². The first-order valence-corrected chi connectivity index (χ1v) is 7.48. The third-order valence-corrected chi connectivity index (χ3v) is 3.96. The standard InChI is InChI=1S/C13H9NO6S/c15-12-10-8(6-21(18,19)20)5-7-3-1-2-4-9(7)11(10)13(16)14(12)17/h1-5,17H,6H2,(H,18,19,20). The third kappa shape index (κ3) is 2.09. The van der Waals surface area contributed by atoms with Crippen molar-refractivity contribution in [2.75, 3.05) is 0 Å². The maximum absolute atomic E-state index is 12.0. The van der Waals surface area contributed by atoms with Gasteiger partial charge < -0.3 is 0 Å². The van der Waals surface area contributed by atoms with E-state index in [1.807, 2.05) is 0 Å². The number of amides is 2. The molecule has 21 heavy (non-hydrogen) atoms. The smallest absolute Gasteiger partial charge is 0.285 e. The lowest BCUT2D eigenvalue weighted by atomic mass is 9.96. The molecule has 0 unspecified atom stereocenters. The lowest BCUT2D eigenvalue weighted by Gasteiger charge is -2.08. The van der Waals surface area contributed by atoms with Crippen LogP contribution in [0.1, 0.15) is 26.3 Å². The highest BCUT2D eigenvalue weighted by molar-refractivity contribution is 7.85. The molecule has 7 nitrogen and oxygen atoms in total. The SMILES string of the molecule is O=C1c2c(CS(=O)(=O)O)cc3ccccc3c2C(=O)N1O. The largest absolute Gasteiger partial charge is 0.286 e. The lowest BCUT2D eigenvalue weighted by Crippen LogP contribution is -2.25. The van der Waals surface area contributed by atoms with Crippen LogP contribution in [0.5, 0.6) is 0 Å². The number of nitrogens with zero attached hydrogens (tertiary/aromatic N) is 1. The quantitative estimate of drug-likeness (QED) is 0.490. The maximum atomic E-state index is 12.0. The zero-order valence-corrected chi connectivity index (χ0v) is 11.3. The average Bonchev–Trinajstić information content (AvgIpc) is 2.63. The second kappa shape index (κ2) is 4.35. The van der Waals surface area contributed by atoms with Gasteiger partial charge in [0.25, 0.3) is 21.9 Å². The predicted octanol–water partition coefficient (Wildman–Crippen LogP) is 1.21. The molecule has 0 radical (unpaired) electrons. The van der Waals surface area contributed by atoms with Crippen molar-refractivity contribution < 1.29 is 27.8 Å². The van der Waals surface area contributed by atoms with E-state index in [0.29, 0.717) is 10.8 Å². The minimum Gasteiger partial charge on any atom is -0.285 e. The molecule has 1 aliphatic rings. The Balaban J connectivity index is 2.41.